The van der Waals surface area contributed by atoms with Crippen molar-refractivity contribution in [2.24, 2.45) is 0 Å². The van der Waals surface area contributed by atoms with E-state index in [2.05, 4.69) is 50.1 Å². The molecule has 0 aliphatic carbocycles. The molecule has 1 rings (SSSR count). The number of aliphatic carboxylic acids is 1. The fourth-order valence-corrected chi connectivity index (χ4v) is 1.92. The third kappa shape index (κ3) is 5.32. The Morgan fingerprint density at radius 1 is 1.33 bits per heavy atom. The normalized spacial score (nSPS) is 12.7. The molecule has 0 aliphatic rings. The van der Waals surface area contributed by atoms with Crippen LogP contribution in [0.3, 0.4) is 0 Å². The molecule has 0 aliphatic heterocycles. The minimum Gasteiger partial charge on any atom is -0.481 e. The van der Waals surface area contributed by atoms with Crippen molar-refractivity contribution in [3.63, 3.8) is 0 Å². The van der Waals surface area contributed by atoms with Crippen LogP contribution < -0.4 is 0 Å². The molecule has 1 atom stereocenters. The van der Waals surface area contributed by atoms with Gasteiger partial charge in [0.15, 0.2) is 0 Å². The van der Waals surface area contributed by atoms with Gasteiger partial charge in [-0.05, 0) is 45.8 Å². The Balaban J connectivity index is 2.37. The minimum absolute atomic E-state index is 0.252. The summed E-state index contributed by atoms with van der Waals surface area (Å²) in [7, 11) is 2.06. The molecular formula is C15H23NO2. The standard InChI is InChI=1S/C15H23NO2/c1-12-6-8-14(9-7-12)11-13(2)16(3)10-4-5-15(17)18/h6-9,13H,4-5,10-11H2,1-3H3,(H,17,18)/t13-/m0/s1. The second-order valence-corrected chi connectivity index (χ2v) is 5.02. The zero-order valence-corrected chi connectivity index (χ0v) is 11.5. The Labute approximate surface area is 109 Å². The van der Waals surface area contributed by atoms with E-state index in [0.717, 1.165) is 13.0 Å². The first-order chi connectivity index (χ1) is 8.49. The first kappa shape index (κ1) is 14.7. The minimum atomic E-state index is -0.713. The van der Waals surface area contributed by atoms with Crippen molar-refractivity contribution in [2.75, 3.05) is 13.6 Å². The van der Waals surface area contributed by atoms with Gasteiger partial charge in [-0.15, -0.1) is 0 Å². The molecular weight excluding hydrogens is 226 g/mol. The van der Waals surface area contributed by atoms with Crippen LogP contribution in [0.1, 0.15) is 30.9 Å². The summed E-state index contributed by atoms with van der Waals surface area (Å²) in [4.78, 5) is 12.7. The van der Waals surface area contributed by atoms with Crippen molar-refractivity contribution >= 4 is 5.97 Å². The lowest BCUT2D eigenvalue weighted by atomic mass is 10.0. The lowest BCUT2D eigenvalue weighted by molar-refractivity contribution is -0.137. The van der Waals surface area contributed by atoms with Gasteiger partial charge in [0.05, 0.1) is 0 Å². The smallest absolute Gasteiger partial charge is 0.303 e. The summed E-state index contributed by atoms with van der Waals surface area (Å²) >= 11 is 0. The maximum atomic E-state index is 10.5. The van der Waals surface area contributed by atoms with Crippen molar-refractivity contribution in [1.82, 2.24) is 4.90 Å². The van der Waals surface area contributed by atoms with Gasteiger partial charge in [-0.2, -0.15) is 0 Å². The van der Waals surface area contributed by atoms with E-state index in [0.29, 0.717) is 12.5 Å². The lowest BCUT2D eigenvalue weighted by Crippen LogP contribution is -2.32. The number of carboxylic acid groups (broad SMARTS) is 1. The Morgan fingerprint density at radius 2 is 1.94 bits per heavy atom. The summed E-state index contributed by atoms with van der Waals surface area (Å²) < 4.78 is 0. The molecule has 0 spiro atoms. The predicted molar refractivity (Wildman–Crippen MR) is 73.8 cm³/mol. The molecule has 0 unspecified atom stereocenters. The predicted octanol–water partition coefficient (Wildman–Crippen LogP) is 2.72. The van der Waals surface area contributed by atoms with E-state index < -0.39 is 5.97 Å². The third-order valence-corrected chi connectivity index (χ3v) is 3.31. The van der Waals surface area contributed by atoms with Crippen LogP contribution in [-0.2, 0) is 11.2 Å². The van der Waals surface area contributed by atoms with Crippen molar-refractivity contribution in [1.29, 1.82) is 0 Å². The number of likely N-dealkylation sites (N-methyl/N-ethyl adjacent to an activating group) is 1. The molecule has 0 radical (unpaired) electrons. The summed E-state index contributed by atoms with van der Waals surface area (Å²) in [5.74, 6) is -0.713. The summed E-state index contributed by atoms with van der Waals surface area (Å²) in [6.45, 7) is 5.10. The van der Waals surface area contributed by atoms with Crippen LogP contribution in [0, 0.1) is 6.92 Å². The molecule has 3 nitrogen and oxygen atoms in total. The monoisotopic (exact) mass is 249 g/mol. The lowest BCUT2D eigenvalue weighted by Gasteiger charge is -2.24. The fraction of sp³-hybridized carbons (Fsp3) is 0.533. The Bertz CT molecular complexity index is 373. The molecule has 100 valence electrons. The van der Waals surface area contributed by atoms with Gasteiger partial charge in [0, 0.05) is 12.5 Å². The van der Waals surface area contributed by atoms with Crippen molar-refractivity contribution in [3.05, 3.63) is 35.4 Å². The molecule has 0 saturated carbocycles. The van der Waals surface area contributed by atoms with Gasteiger partial charge in [-0.1, -0.05) is 29.8 Å². The average molecular weight is 249 g/mol. The summed E-state index contributed by atoms with van der Waals surface area (Å²) in [6, 6.07) is 9.02. The number of hydrogen-bond donors (Lipinski definition) is 1. The van der Waals surface area contributed by atoms with Crippen molar-refractivity contribution in [3.8, 4) is 0 Å². The van der Waals surface area contributed by atoms with Gasteiger partial charge in [0.25, 0.3) is 0 Å². The number of nitrogens with zero attached hydrogens (tertiary/aromatic N) is 1. The molecule has 1 aromatic rings. The van der Waals surface area contributed by atoms with E-state index in [-0.39, 0.29) is 6.42 Å². The summed E-state index contributed by atoms with van der Waals surface area (Å²) in [5, 5.41) is 8.61. The zero-order valence-electron chi connectivity index (χ0n) is 11.5. The van der Waals surface area contributed by atoms with E-state index >= 15 is 0 Å². The highest BCUT2D eigenvalue weighted by Gasteiger charge is 2.10. The fourth-order valence-electron chi connectivity index (χ4n) is 1.92. The molecule has 18 heavy (non-hydrogen) atoms. The van der Waals surface area contributed by atoms with Gasteiger partial charge in [0.1, 0.15) is 0 Å². The van der Waals surface area contributed by atoms with Gasteiger partial charge in [-0.3, -0.25) is 4.79 Å². The van der Waals surface area contributed by atoms with E-state index in [1.165, 1.54) is 11.1 Å². The number of carboxylic acids is 1. The Kier molecular flexibility index (Phi) is 5.86. The molecule has 1 N–H and O–H groups in total. The molecule has 0 fully saturated rings. The topological polar surface area (TPSA) is 40.5 Å². The maximum Gasteiger partial charge on any atom is 0.303 e. The van der Waals surface area contributed by atoms with Crippen LogP contribution in [0.25, 0.3) is 0 Å². The van der Waals surface area contributed by atoms with Crippen LogP contribution >= 0.6 is 0 Å². The average Bonchev–Trinajstić information content (AvgIpc) is 2.31. The number of aryl methyl sites for hydroxylation is 1. The summed E-state index contributed by atoms with van der Waals surface area (Å²) in [5.41, 5.74) is 2.61. The van der Waals surface area contributed by atoms with Crippen LogP contribution in [0.2, 0.25) is 0 Å². The highest BCUT2D eigenvalue weighted by molar-refractivity contribution is 5.66. The largest absolute Gasteiger partial charge is 0.481 e. The molecule has 0 saturated heterocycles. The highest BCUT2D eigenvalue weighted by atomic mass is 16.4. The molecule has 1 aromatic carbocycles. The Morgan fingerprint density at radius 3 is 2.50 bits per heavy atom. The molecule has 0 bridgehead atoms. The summed E-state index contributed by atoms with van der Waals surface area (Å²) in [6.07, 6.45) is 1.97. The van der Waals surface area contributed by atoms with Gasteiger partial charge in [-0.25, -0.2) is 0 Å². The number of rotatable bonds is 7. The van der Waals surface area contributed by atoms with Crippen molar-refractivity contribution < 1.29 is 9.90 Å². The van der Waals surface area contributed by atoms with E-state index in [9.17, 15) is 4.79 Å². The van der Waals surface area contributed by atoms with Crippen LogP contribution in [0.5, 0.6) is 0 Å². The Hall–Kier alpha value is -1.35. The van der Waals surface area contributed by atoms with Crippen LogP contribution in [0.4, 0.5) is 0 Å². The van der Waals surface area contributed by atoms with Gasteiger partial charge < -0.3 is 10.0 Å². The molecule has 0 amide bonds. The van der Waals surface area contributed by atoms with Crippen LogP contribution in [0.15, 0.2) is 24.3 Å². The first-order valence-electron chi connectivity index (χ1n) is 6.46. The molecule has 0 heterocycles. The zero-order chi connectivity index (χ0) is 13.5. The number of hydrogen-bond acceptors (Lipinski definition) is 2. The second-order valence-electron chi connectivity index (χ2n) is 5.02. The van der Waals surface area contributed by atoms with Gasteiger partial charge in [0.2, 0.25) is 0 Å². The number of benzene rings is 1. The maximum absolute atomic E-state index is 10.5. The van der Waals surface area contributed by atoms with E-state index in [1.54, 1.807) is 0 Å². The van der Waals surface area contributed by atoms with Crippen LogP contribution in [-0.4, -0.2) is 35.6 Å². The SMILES string of the molecule is Cc1ccc(C[C@H](C)N(C)CCCC(=O)O)cc1. The molecule has 0 aromatic heterocycles. The highest BCUT2D eigenvalue weighted by Crippen LogP contribution is 2.09. The van der Waals surface area contributed by atoms with E-state index in [4.69, 9.17) is 5.11 Å². The quantitative estimate of drug-likeness (QED) is 0.807. The van der Waals surface area contributed by atoms with Gasteiger partial charge >= 0.3 is 5.97 Å². The van der Waals surface area contributed by atoms with Crippen molar-refractivity contribution in [2.45, 2.75) is 39.2 Å². The first-order valence-corrected chi connectivity index (χ1v) is 6.46. The van der Waals surface area contributed by atoms with E-state index in [1.807, 2.05) is 0 Å². The number of carbonyl (C=O) groups is 1. The third-order valence-electron chi connectivity index (χ3n) is 3.31. The molecule has 3 heteroatoms. The second kappa shape index (κ2) is 7.17.